The highest BCUT2D eigenvalue weighted by atomic mass is 35.5. The highest BCUT2D eigenvalue weighted by Crippen LogP contribution is 2.31. The molecule has 1 fully saturated rings. The second-order valence-electron chi connectivity index (χ2n) is 8.91. The molecule has 0 bridgehead atoms. The number of carbonyl (C=O) groups excluding carboxylic acids is 1. The monoisotopic (exact) mass is 472 g/mol. The summed E-state index contributed by atoms with van der Waals surface area (Å²) in [6.45, 7) is 8.05. The van der Waals surface area contributed by atoms with Crippen molar-refractivity contribution in [3.63, 3.8) is 0 Å². The first-order valence-corrected chi connectivity index (χ1v) is 12.2. The van der Waals surface area contributed by atoms with Crippen molar-refractivity contribution in [2.75, 3.05) is 26.2 Å². The van der Waals surface area contributed by atoms with Crippen molar-refractivity contribution >= 4 is 23.2 Å². The molecular weight excluding hydrogens is 444 g/mol. The third-order valence-electron chi connectivity index (χ3n) is 6.63. The average molecular weight is 473 g/mol. The van der Waals surface area contributed by atoms with Crippen molar-refractivity contribution < 1.29 is 4.79 Å². The molecule has 6 heteroatoms. The number of imidazole rings is 1. The Labute approximate surface area is 205 Å². The molecule has 0 radical (unpaired) electrons. The van der Waals surface area contributed by atoms with Gasteiger partial charge < -0.3 is 9.30 Å². The van der Waals surface area contributed by atoms with E-state index in [1.807, 2.05) is 36.1 Å². The number of hydrogen-bond donors (Lipinski definition) is 0. The first-order chi connectivity index (χ1) is 16.5. The number of hydrogen-bond acceptors (Lipinski definition) is 3. The van der Waals surface area contributed by atoms with Gasteiger partial charge in [-0.05, 0) is 30.7 Å². The number of pyridine rings is 1. The minimum Gasteiger partial charge on any atom is -0.340 e. The maximum atomic E-state index is 12.1. The van der Waals surface area contributed by atoms with Gasteiger partial charge >= 0.3 is 0 Å². The number of amides is 1. The molecule has 34 heavy (non-hydrogen) atoms. The minimum atomic E-state index is 0.235. The molecule has 1 amide bonds. The lowest BCUT2D eigenvalue weighted by molar-refractivity contribution is -0.132. The zero-order chi connectivity index (χ0) is 23.7. The first-order valence-electron chi connectivity index (χ1n) is 11.9. The smallest absolute Gasteiger partial charge is 0.222 e. The van der Waals surface area contributed by atoms with Crippen LogP contribution >= 0.6 is 11.6 Å². The number of fused-ring (bicyclic) bond motifs is 1. The number of nitrogens with zero attached hydrogens (tertiary/aromatic N) is 4. The van der Waals surface area contributed by atoms with E-state index in [-0.39, 0.29) is 5.91 Å². The van der Waals surface area contributed by atoms with E-state index in [1.54, 1.807) is 0 Å². The predicted octanol–water partition coefficient (Wildman–Crippen LogP) is 5.68. The molecule has 3 heterocycles. The fourth-order valence-corrected chi connectivity index (χ4v) is 4.88. The van der Waals surface area contributed by atoms with Crippen molar-refractivity contribution in [3.05, 3.63) is 83.1 Å². The lowest BCUT2D eigenvalue weighted by Crippen LogP contribution is -2.48. The highest BCUT2D eigenvalue weighted by molar-refractivity contribution is 6.33. The number of aryl methyl sites for hydroxylation is 1. The van der Waals surface area contributed by atoms with Gasteiger partial charge in [0, 0.05) is 61.5 Å². The van der Waals surface area contributed by atoms with E-state index < -0.39 is 0 Å². The van der Waals surface area contributed by atoms with Gasteiger partial charge in [0.1, 0.15) is 5.65 Å². The fourth-order valence-electron chi connectivity index (χ4n) is 4.63. The van der Waals surface area contributed by atoms with Crippen LogP contribution in [0.1, 0.15) is 24.6 Å². The summed E-state index contributed by atoms with van der Waals surface area (Å²) in [5.41, 5.74) is 7.49. The molecule has 174 valence electrons. The van der Waals surface area contributed by atoms with Crippen molar-refractivity contribution in [2.24, 2.45) is 0 Å². The van der Waals surface area contributed by atoms with Gasteiger partial charge in [-0.3, -0.25) is 9.69 Å². The van der Waals surface area contributed by atoms with Gasteiger partial charge in [0.2, 0.25) is 5.91 Å². The minimum absolute atomic E-state index is 0.235. The summed E-state index contributed by atoms with van der Waals surface area (Å²) < 4.78 is 2.21. The average Bonchev–Trinajstić information content (AvgIpc) is 3.22. The molecule has 0 saturated carbocycles. The summed E-state index contributed by atoms with van der Waals surface area (Å²) in [7, 11) is 0. The molecule has 0 unspecified atom stereocenters. The molecule has 0 spiro atoms. The lowest BCUT2D eigenvalue weighted by atomic mass is 10.1. The Morgan fingerprint density at radius 1 is 0.941 bits per heavy atom. The van der Waals surface area contributed by atoms with Crippen LogP contribution in [0.15, 0.2) is 66.9 Å². The van der Waals surface area contributed by atoms with Crippen LogP contribution in [0.3, 0.4) is 0 Å². The van der Waals surface area contributed by atoms with E-state index in [0.29, 0.717) is 6.42 Å². The maximum absolute atomic E-state index is 12.1. The molecule has 0 aliphatic carbocycles. The number of halogens is 1. The van der Waals surface area contributed by atoms with E-state index >= 15 is 0 Å². The molecule has 1 aliphatic heterocycles. The van der Waals surface area contributed by atoms with E-state index in [4.69, 9.17) is 16.6 Å². The van der Waals surface area contributed by atoms with Crippen LogP contribution in [0, 0.1) is 6.92 Å². The standard InChI is InChI=1S/C28H29ClN4O/c1-3-27(34)32-16-14-31(15-17-32)19-25-28(21-10-8-20(2)9-11-21)30-26-13-12-22(18-33(25)26)23-6-4-5-7-24(23)29/h4-13,18H,3,14-17,19H2,1-2H3. The van der Waals surface area contributed by atoms with Gasteiger partial charge in [0.15, 0.2) is 0 Å². The van der Waals surface area contributed by atoms with E-state index in [0.717, 1.165) is 71.5 Å². The largest absolute Gasteiger partial charge is 0.340 e. The van der Waals surface area contributed by atoms with Crippen molar-refractivity contribution in [2.45, 2.75) is 26.8 Å². The third kappa shape index (κ3) is 4.46. The molecule has 0 atom stereocenters. The zero-order valence-corrected chi connectivity index (χ0v) is 20.4. The van der Waals surface area contributed by atoms with Crippen molar-refractivity contribution in [1.82, 2.24) is 19.2 Å². The van der Waals surface area contributed by atoms with Gasteiger partial charge in [-0.15, -0.1) is 0 Å². The van der Waals surface area contributed by atoms with Crippen LogP contribution in [0.2, 0.25) is 5.02 Å². The van der Waals surface area contributed by atoms with Crippen molar-refractivity contribution in [1.29, 1.82) is 0 Å². The maximum Gasteiger partial charge on any atom is 0.222 e. The zero-order valence-electron chi connectivity index (χ0n) is 19.7. The van der Waals surface area contributed by atoms with Gasteiger partial charge in [0.05, 0.1) is 11.4 Å². The second kappa shape index (κ2) is 9.61. The molecule has 4 aromatic rings. The third-order valence-corrected chi connectivity index (χ3v) is 6.96. The normalized spacial score (nSPS) is 14.6. The van der Waals surface area contributed by atoms with Crippen LogP contribution in [0.25, 0.3) is 28.0 Å². The van der Waals surface area contributed by atoms with E-state index in [9.17, 15) is 4.79 Å². The summed E-state index contributed by atoms with van der Waals surface area (Å²) >= 11 is 6.51. The Morgan fingerprint density at radius 2 is 1.65 bits per heavy atom. The fraction of sp³-hybridized carbons (Fsp3) is 0.286. The molecular formula is C28H29ClN4O. The summed E-state index contributed by atoms with van der Waals surface area (Å²) in [4.78, 5) is 21.5. The van der Waals surface area contributed by atoms with Gasteiger partial charge in [-0.1, -0.05) is 66.6 Å². The van der Waals surface area contributed by atoms with Crippen LogP contribution in [0.5, 0.6) is 0 Å². The van der Waals surface area contributed by atoms with Crippen LogP contribution < -0.4 is 0 Å². The van der Waals surface area contributed by atoms with Crippen LogP contribution in [-0.2, 0) is 11.3 Å². The second-order valence-corrected chi connectivity index (χ2v) is 9.32. The molecule has 2 aromatic carbocycles. The van der Waals surface area contributed by atoms with Crippen LogP contribution in [-0.4, -0.2) is 51.3 Å². The Hall–Kier alpha value is -3.15. The molecule has 2 aromatic heterocycles. The summed E-state index contributed by atoms with van der Waals surface area (Å²) in [5.74, 6) is 0.235. The predicted molar refractivity (Wildman–Crippen MR) is 138 cm³/mol. The molecule has 5 nitrogen and oxygen atoms in total. The molecule has 0 N–H and O–H groups in total. The Morgan fingerprint density at radius 3 is 2.35 bits per heavy atom. The number of piperazine rings is 1. The SMILES string of the molecule is CCC(=O)N1CCN(Cc2c(-c3ccc(C)cc3)nc3ccc(-c4ccccc4Cl)cn23)CC1. The molecule has 5 rings (SSSR count). The number of aromatic nitrogens is 2. The summed E-state index contributed by atoms with van der Waals surface area (Å²) in [5, 5.41) is 0.735. The molecule has 1 saturated heterocycles. The highest BCUT2D eigenvalue weighted by Gasteiger charge is 2.23. The quantitative estimate of drug-likeness (QED) is 0.375. The topological polar surface area (TPSA) is 40.9 Å². The number of carbonyl (C=O) groups is 1. The van der Waals surface area contributed by atoms with E-state index in [2.05, 4.69) is 58.8 Å². The first kappa shape index (κ1) is 22.6. The van der Waals surface area contributed by atoms with Gasteiger partial charge in [-0.2, -0.15) is 0 Å². The number of benzene rings is 2. The van der Waals surface area contributed by atoms with Gasteiger partial charge in [0.25, 0.3) is 0 Å². The van der Waals surface area contributed by atoms with Crippen LogP contribution in [0.4, 0.5) is 0 Å². The Kier molecular flexibility index (Phi) is 6.40. The Balaban J connectivity index is 1.54. The van der Waals surface area contributed by atoms with Crippen molar-refractivity contribution in [3.8, 4) is 22.4 Å². The molecule has 1 aliphatic rings. The summed E-state index contributed by atoms with van der Waals surface area (Å²) in [6.07, 6.45) is 2.71. The van der Waals surface area contributed by atoms with Gasteiger partial charge in [-0.25, -0.2) is 4.98 Å². The lowest BCUT2D eigenvalue weighted by Gasteiger charge is -2.34. The summed E-state index contributed by atoms with van der Waals surface area (Å²) in [6, 6.07) is 20.6. The Bertz CT molecular complexity index is 1320. The van der Waals surface area contributed by atoms with E-state index in [1.165, 1.54) is 5.56 Å². The number of rotatable bonds is 5.